The van der Waals surface area contributed by atoms with Crippen molar-refractivity contribution in [3.05, 3.63) is 21.3 Å². The first-order chi connectivity index (χ1) is 7.06. The van der Waals surface area contributed by atoms with Crippen molar-refractivity contribution in [2.75, 3.05) is 5.33 Å². The molecule has 5 heteroatoms. The van der Waals surface area contributed by atoms with Crippen LogP contribution in [0.2, 0.25) is 5.02 Å². The summed E-state index contributed by atoms with van der Waals surface area (Å²) in [4.78, 5) is 12.4. The SMILES string of the molecule is CC(C)C(CBr)NC(=O)c1sccc1Cl. The predicted octanol–water partition coefficient (Wildman–Crippen LogP) is 3.55. The third-order valence-electron chi connectivity index (χ3n) is 2.11. The minimum Gasteiger partial charge on any atom is -0.347 e. The molecule has 0 saturated carbocycles. The Morgan fingerprint density at radius 2 is 2.33 bits per heavy atom. The van der Waals surface area contributed by atoms with Gasteiger partial charge in [-0.1, -0.05) is 41.4 Å². The van der Waals surface area contributed by atoms with Crippen molar-refractivity contribution in [3.8, 4) is 0 Å². The van der Waals surface area contributed by atoms with Crippen molar-refractivity contribution in [3.63, 3.8) is 0 Å². The van der Waals surface area contributed by atoms with Crippen LogP contribution in [0.1, 0.15) is 23.5 Å². The number of thiophene rings is 1. The average molecular weight is 311 g/mol. The summed E-state index contributed by atoms with van der Waals surface area (Å²) >= 11 is 10.6. The Hall–Kier alpha value is -0.0600. The number of halogens is 2. The quantitative estimate of drug-likeness (QED) is 0.847. The molecule has 0 aliphatic rings. The van der Waals surface area contributed by atoms with E-state index >= 15 is 0 Å². The molecule has 1 unspecified atom stereocenters. The van der Waals surface area contributed by atoms with Gasteiger partial charge in [0.05, 0.1) is 5.02 Å². The molecule has 0 spiro atoms. The van der Waals surface area contributed by atoms with Crippen molar-refractivity contribution in [1.29, 1.82) is 0 Å². The molecule has 0 bridgehead atoms. The summed E-state index contributed by atoms with van der Waals surface area (Å²) in [6.45, 7) is 4.14. The second-order valence-corrected chi connectivity index (χ2v) is 5.55. The van der Waals surface area contributed by atoms with E-state index in [1.54, 1.807) is 6.07 Å². The second-order valence-electron chi connectivity index (χ2n) is 3.58. The molecule has 1 N–H and O–H groups in total. The molecule has 1 atom stereocenters. The van der Waals surface area contributed by atoms with E-state index in [4.69, 9.17) is 11.6 Å². The minimum atomic E-state index is -0.0897. The van der Waals surface area contributed by atoms with Gasteiger partial charge in [0, 0.05) is 11.4 Å². The van der Waals surface area contributed by atoms with Crippen molar-refractivity contribution in [2.24, 2.45) is 5.92 Å². The summed E-state index contributed by atoms with van der Waals surface area (Å²) in [5, 5.41) is 6.04. The molecular formula is C10H13BrClNOS. The number of hydrogen-bond donors (Lipinski definition) is 1. The number of carbonyl (C=O) groups excluding carboxylic acids is 1. The first-order valence-corrected chi connectivity index (χ1v) is 7.04. The zero-order chi connectivity index (χ0) is 11.4. The summed E-state index contributed by atoms with van der Waals surface area (Å²) in [5.74, 6) is 0.306. The third-order valence-corrected chi connectivity index (χ3v) is 4.15. The molecular weight excluding hydrogens is 298 g/mol. The van der Waals surface area contributed by atoms with Crippen LogP contribution in [0.15, 0.2) is 11.4 Å². The van der Waals surface area contributed by atoms with Crippen LogP contribution in [-0.2, 0) is 0 Å². The molecule has 1 aromatic rings. The smallest absolute Gasteiger partial charge is 0.263 e. The number of alkyl halides is 1. The molecule has 84 valence electrons. The van der Waals surface area contributed by atoms with E-state index in [1.807, 2.05) is 5.38 Å². The monoisotopic (exact) mass is 309 g/mol. The fourth-order valence-corrected chi connectivity index (χ4v) is 3.03. The van der Waals surface area contributed by atoms with Crippen molar-refractivity contribution >= 4 is 44.8 Å². The first kappa shape index (κ1) is 13.0. The molecule has 1 heterocycles. The van der Waals surface area contributed by atoms with Gasteiger partial charge in [0.15, 0.2) is 0 Å². The van der Waals surface area contributed by atoms with E-state index in [2.05, 4.69) is 35.1 Å². The van der Waals surface area contributed by atoms with Gasteiger partial charge >= 0.3 is 0 Å². The van der Waals surface area contributed by atoms with E-state index in [0.717, 1.165) is 5.33 Å². The summed E-state index contributed by atoms with van der Waals surface area (Å²) in [6, 6.07) is 1.87. The van der Waals surface area contributed by atoms with Crippen molar-refractivity contribution in [2.45, 2.75) is 19.9 Å². The number of rotatable bonds is 4. The Kier molecular flexibility index (Phi) is 5.09. The Bertz CT molecular complexity index is 340. The molecule has 0 aromatic carbocycles. The van der Waals surface area contributed by atoms with E-state index < -0.39 is 0 Å². The Morgan fingerprint density at radius 1 is 1.67 bits per heavy atom. The standard InChI is InChI=1S/C10H13BrClNOS/c1-6(2)8(5-11)13-10(14)9-7(12)3-4-15-9/h3-4,6,8H,5H2,1-2H3,(H,13,14). The normalized spacial score (nSPS) is 12.9. The first-order valence-electron chi connectivity index (χ1n) is 4.66. The van der Waals surface area contributed by atoms with Crippen LogP contribution in [-0.4, -0.2) is 17.3 Å². The number of amides is 1. The minimum absolute atomic E-state index is 0.0897. The molecule has 1 amide bonds. The highest BCUT2D eigenvalue weighted by Crippen LogP contribution is 2.22. The molecule has 0 aliphatic heterocycles. The topological polar surface area (TPSA) is 29.1 Å². The molecule has 15 heavy (non-hydrogen) atoms. The number of hydrogen-bond acceptors (Lipinski definition) is 2. The van der Waals surface area contributed by atoms with Crippen LogP contribution in [0.25, 0.3) is 0 Å². The Labute approximate surface area is 107 Å². The Morgan fingerprint density at radius 3 is 2.73 bits per heavy atom. The van der Waals surface area contributed by atoms with Crippen LogP contribution in [0.4, 0.5) is 0 Å². The Balaban J connectivity index is 2.67. The molecule has 2 nitrogen and oxygen atoms in total. The van der Waals surface area contributed by atoms with Gasteiger partial charge in [-0.3, -0.25) is 4.79 Å². The van der Waals surface area contributed by atoms with Gasteiger partial charge in [-0.15, -0.1) is 11.3 Å². The fraction of sp³-hybridized carbons (Fsp3) is 0.500. The van der Waals surface area contributed by atoms with Crippen molar-refractivity contribution < 1.29 is 4.79 Å². The van der Waals surface area contributed by atoms with Gasteiger partial charge in [-0.2, -0.15) is 0 Å². The van der Waals surface area contributed by atoms with Crippen LogP contribution in [0, 0.1) is 5.92 Å². The highest BCUT2D eigenvalue weighted by Gasteiger charge is 2.18. The zero-order valence-corrected chi connectivity index (χ0v) is 11.7. The van der Waals surface area contributed by atoms with Gasteiger partial charge in [0.25, 0.3) is 5.91 Å². The van der Waals surface area contributed by atoms with Gasteiger partial charge < -0.3 is 5.32 Å². The highest BCUT2D eigenvalue weighted by atomic mass is 79.9. The molecule has 1 rings (SSSR count). The highest BCUT2D eigenvalue weighted by molar-refractivity contribution is 9.09. The summed E-state index contributed by atoms with van der Waals surface area (Å²) in [7, 11) is 0. The lowest BCUT2D eigenvalue weighted by Crippen LogP contribution is -2.39. The van der Waals surface area contributed by atoms with E-state index in [1.165, 1.54) is 11.3 Å². The summed E-state index contributed by atoms with van der Waals surface area (Å²) in [6.07, 6.45) is 0. The van der Waals surface area contributed by atoms with E-state index in [-0.39, 0.29) is 11.9 Å². The lowest BCUT2D eigenvalue weighted by molar-refractivity contribution is 0.0936. The third kappa shape index (κ3) is 3.47. The molecule has 0 aliphatic carbocycles. The maximum Gasteiger partial charge on any atom is 0.263 e. The van der Waals surface area contributed by atoms with E-state index in [9.17, 15) is 4.79 Å². The van der Waals surface area contributed by atoms with Gasteiger partial charge in [-0.25, -0.2) is 0 Å². The van der Waals surface area contributed by atoms with Crippen LogP contribution in [0.3, 0.4) is 0 Å². The molecule has 1 aromatic heterocycles. The van der Waals surface area contributed by atoms with Crippen LogP contribution >= 0.6 is 38.9 Å². The lowest BCUT2D eigenvalue weighted by atomic mass is 10.1. The lowest BCUT2D eigenvalue weighted by Gasteiger charge is -2.19. The summed E-state index contributed by atoms with van der Waals surface area (Å²) < 4.78 is 0. The fourth-order valence-electron chi connectivity index (χ4n) is 1.07. The van der Waals surface area contributed by atoms with Gasteiger partial charge in [0.2, 0.25) is 0 Å². The maximum absolute atomic E-state index is 11.8. The van der Waals surface area contributed by atoms with Gasteiger partial charge in [0.1, 0.15) is 4.88 Å². The molecule has 0 radical (unpaired) electrons. The number of carbonyl (C=O) groups is 1. The van der Waals surface area contributed by atoms with Crippen LogP contribution < -0.4 is 5.32 Å². The summed E-state index contributed by atoms with van der Waals surface area (Å²) in [5.41, 5.74) is 0. The van der Waals surface area contributed by atoms with Gasteiger partial charge in [-0.05, 0) is 17.4 Å². The maximum atomic E-state index is 11.8. The zero-order valence-electron chi connectivity index (χ0n) is 8.59. The van der Waals surface area contributed by atoms with Crippen LogP contribution in [0.5, 0.6) is 0 Å². The largest absolute Gasteiger partial charge is 0.347 e. The van der Waals surface area contributed by atoms with Crippen molar-refractivity contribution in [1.82, 2.24) is 5.32 Å². The van der Waals surface area contributed by atoms with E-state index in [0.29, 0.717) is 15.8 Å². The molecule has 0 fully saturated rings. The predicted molar refractivity (Wildman–Crippen MR) is 69.2 cm³/mol. The average Bonchev–Trinajstić information content (AvgIpc) is 2.60. The second kappa shape index (κ2) is 5.87. The number of nitrogens with one attached hydrogen (secondary N) is 1. The molecule has 0 saturated heterocycles.